The Kier molecular flexibility index (Phi) is 4.26. The fourth-order valence-electron chi connectivity index (χ4n) is 2.10. The number of anilines is 1. The van der Waals surface area contributed by atoms with Gasteiger partial charge in [0, 0.05) is 35.6 Å². The van der Waals surface area contributed by atoms with Crippen molar-refractivity contribution in [3.8, 4) is 0 Å². The number of carbonyl (C=O) groups excluding carboxylic acids is 1. The SMILES string of the molecule is CC(=CC(=O)Nc1cccc(Cl)c1)N1CCCC1. The zero-order valence-corrected chi connectivity index (χ0v) is 11.2. The van der Waals surface area contributed by atoms with E-state index in [9.17, 15) is 4.79 Å². The number of rotatable bonds is 3. The van der Waals surface area contributed by atoms with Gasteiger partial charge in [-0.2, -0.15) is 0 Å². The summed E-state index contributed by atoms with van der Waals surface area (Å²) in [7, 11) is 0. The molecule has 0 aromatic heterocycles. The summed E-state index contributed by atoms with van der Waals surface area (Å²) in [6.07, 6.45) is 4.06. The van der Waals surface area contributed by atoms with Gasteiger partial charge in [-0.25, -0.2) is 0 Å². The number of amides is 1. The Balaban J connectivity index is 1.97. The molecule has 1 aliphatic rings. The topological polar surface area (TPSA) is 32.3 Å². The van der Waals surface area contributed by atoms with Crippen molar-refractivity contribution in [1.82, 2.24) is 4.90 Å². The molecule has 1 fully saturated rings. The molecule has 0 bridgehead atoms. The van der Waals surface area contributed by atoms with E-state index in [4.69, 9.17) is 11.6 Å². The van der Waals surface area contributed by atoms with Crippen LogP contribution in [0.5, 0.6) is 0 Å². The maximum Gasteiger partial charge on any atom is 0.250 e. The van der Waals surface area contributed by atoms with Gasteiger partial charge in [0.15, 0.2) is 0 Å². The maximum atomic E-state index is 11.8. The monoisotopic (exact) mass is 264 g/mol. The third kappa shape index (κ3) is 3.50. The molecule has 0 aliphatic carbocycles. The fourth-order valence-corrected chi connectivity index (χ4v) is 2.29. The molecule has 0 spiro atoms. The maximum absolute atomic E-state index is 11.8. The second-order valence-electron chi connectivity index (χ2n) is 4.48. The predicted molar refractivity (Wildman–Crippen MR) is 74.6 cm³/mol. The lowest BCUT2D eigenvalue weighted by atomic mass is 10.3. The molecule has 3 nitrogen and oxygen atoms in total. The summed E-state index contributed by atoms with van der Waals surface area (Å²) in [6, 6.07) is 7.15. The summed E-state index contributed by atoms with van der Waals surface area (Å²) in [4.78, 5) is 14.1. The molecule has 0 saturated carbocycles. The van der Waals surface area contributed by atoms with Crippen molar-refractivity contribution in [2.75, 3.05) is 18.4 Å². The van der Waals surface area contributed by atoms with E-state index in [1.165, 1.54) is 12.8 Å². The highest BCUT2D eigenvalue weighted by molar-refractivity contribution is 6.30. The molecule has 18 heavy (non-hydrogen) atoms. The van der Waals surface area contributed by atoms with Gasteiger partial charge in [-0.05, 0) is 38.0 Å². The number of benzene rings is 1. The average molecular weight is 265 g/mol. The second kappa shape index (κ2) is 5.91. The molecule has 0 atom stereocenters. The minimum absolute atomic E-state index is 0.110. The van der Waals surface area contributed by atoms with E-state index in [0.717, 1.165) is 24.5 Å². The van der Waals surface area contributed by atoms with Crippen LogP contribution in [0.2, 0.25) is 5.02 Å². The first kappa shape index (κ1) is 13.0. The fraction of sp³-hybridized carbons (Fsp3) is 0.357. The van der Waals surface area contributed by atoms with Gasteiger partial charge < -0.3 is 10.2 Å². The van der Waals surface area contributed by atoms with Crippen LogP contribution in [0, 0.1) is 0 Å². The highest BCUT2D eigenvalue weighted by Gasteiger charge is 2.12. The van der Waals surface area contributed by atoms with Gasteiger partial charge in [0.25, 0.3) is 0 Å². The molecule has 1 N–H and O–H groups in total. The summed E-state index contributed by atoms with van der Waals surface area (Å²) in [6.45, 7) is 4.07. The molecule has 1 aliphatic heterocycles. The van der Waals surface area contributed by atoms with E-state index in [2.05, 4.69) is 10.2 Å². The zero-order chi connectivity index (χ0) is 13.0. The first-order chi connectivity index (χ1) is 8.65. The lowest BCUT2D eigenvalue weighted by molar-refractivity contribution is -0.112. The van der Waals surface area contributed by atoms with Crippen LogP contribution in [0.1, 0.15) is 19.8 Å². The Morgan fingerprint density at radius 2 is 2.11 bits per heavy atom. The molecule has 1 saturated heterocycles. The third-order valence-electron chi connectivity index (χ3n) is 3.04. The second-order valence-corrected chi connectivity index (χ2v) is 4.92. The number of hydrogen-bond acceptors (Lipinski definition) is 2. The third-order valence-corrected chi connectivity index (χ3v) is 3.27. The molecule has 1 aromatic carbocycles. The Hall–Kier alpha value is -1.48. The van der Waals surface area contributed by atoms with Gasteiger partial charge in [0.05, 0.1) is 0 Å². The molecule has 1 amide bonds. The number of allylic oxidation sites excluding steroid dienone is 1. The number of nitrogens with one attached hydrogen (secondary N) is 1. The molecule has 0 radical (unpaired) electrons. The Morgan fingerprint density at radius 3 is 2.78 bits per heavy atom. The van der Waals surface area contributed by atoms with Crippen LogP contribution >= 0.6 is 11.6 Å². The lowest BCUT2D eigenvalue weighted by Gasteiger charge is -2.17. The first-order valence-electron chi connectivity index (χ1n) is 6.15. The lowest BCUT2D eigenvalue weighted by Crippen LogP contribution is -2.19. The summed E-state index contributed by atoms with van der Waals surface area (Å²) in [5.74, 6) is -0.110. The Bertz CT molecular complexity index is 465. The van der Waals surface area contributed by atoms with Gasteiger partial charge in [-0.15, -0.1) is 0 Å². The summed E-state index contributed by atoms with van der Waals surface area (Å²) < 4.78 is 0. The molecule has 2 rings (SSSR count). The average Bonchev–Trinajstić information content (AvgIpc) is 2.81. The molecule has 0 unspecified atom stereocenters. The highest BCUT2D eigenvalue weighted by Crippen LogP contribution is 2.16. The van der Waals surface area contributed by atoms with Gasteiger partial charge >= 0.3 is 0 Å². The van der Waals surface area contributed by atoms with E-state index >= 15 is 0 Å². The molecule has 96 valence electrons. The van der Waals surface area contributed by atoms with Crippen molar-refractivity contribution < 1.29 is 4.79 Å². The van der Waals surface area contributed by atoms with Crippen molar-refractivity contribution in [3.05, 3.63) is 41.1 Å². The molecule has 1 heterocycles. The van der Waals surface area contributed by atoms with Gasteiger partial charge in [-0.1, -0.05) is 17.7 Å². The van der Waals surface area contributed by atoms with Crippen molar-refractivity contribution in [1.29, 1.82) is 0 Å². The molecular formula is C14H17ClN2O. The predicted octanol–water partition coefficient (Wildman–Crippen LogP) is 3.28. The zero-order valence-electron chi connectivity index (χ0n) is 10.4. The molecular weight excluding hydrogens is 248 g/mol. The quantitative estimate of drug-likeness (QED) is 0.850. The summed E-state index contributed by atoms with van der Waals surface area (Å²) in [5.41, 5.74) is 1.74. The van der Waals surface area contributed by atoms with Crippen molar-refractivity contribution in [3.63, 3.8) is 0 Å². The van der Waals surface area contributed by atoms with E-state index < -0.39 is 0 Å². The van der Waals surface area contributed by atoms with Gasteiger partial charge in [-0.3, -0.25) is 4.79 Å². The molecule has 1 aromatic rings. The number of halogens is 1. The van der Waals surface area contributed by atoms with Crippen molar-refractivity contribution >= 4 is 23.2 Å². The van der Waals surface area contributed by atoms with Crippen LogP contribution in [0.4, 0.5) is 5.69 Å². The molecule has 4 heteroatoms. The Morgan fingerprint density at radius 1 is 1.39 bits per heavy atom. The summed E-state index contributed by atoms with van der Waals surface area (Å²) in [5, 5.41) is 3.43. The van der Waals surface area contributed by atoms with E-state index in [-0.39, 0.29) is 5.91 Å². The van der Waals surface area contributed by atoms with E-state index in [1.807, 2.05) is 19.1 Å². The largest absolute Gasteiger partial charge is 0.375 e. The number of carbonyl (C=O) groups is 1. The minimum Gasteiger partial charge on any atom is -0.375 e. The Labute approximate surface area is 112 Å². The summed E-state index contributed by atoms with van der Waals surface area (Å²) >= 11 is 5.86. The number of hydrogen-bond donors (Lipinski definition) is 1. The van der Waals surface area contributed by atoms with Crippen LogP contribution in [0.3, 0.4) is 0 Å². The number of likely N-dealkylation sites (tertiary alicyclic amines) is 1. The van der Waals surface area contributed by atoms with Crippen LogP contribution in [-0.2, 0) is 4.79 Å². The van der Waals surface area contributed by atoms with Gasteiger partial charge in [0.1, 0.15) is 0 Å². The minimum atomic E-state index is -0.110. The van der Waals surface area contributed by atoms with Crippen LogP contribution in [0.25, 0.3) is 0 Å². The van der Waals surface area contributed by atoms with E-state index in [0.29, 0.717) is 5.02 Å². The van der Waals surface area contributed by atoms with Crippen molar-refractivity contribution in [2.45, 2.75) is 19.8 Å². The smallest absolute Gasteiger partial charge is 0.250 e. The van der Waals surface area contributed by atoms with Crippen LogP contribution in [0.15, 0.2) is 36.0 Å². The standard InChI is InChI=1S/C14H17ClN2O/c1-11(17-7-2-3-8-17)9-14(18)16-13-6-4-5-12(15)10-13/h4-6,9-10H,2-3,7-8H2,1H3,(H,16,18). The van der Waals surface area contributed by atoms with Crippen molar-refractivity contribution in [2.24, 2.45) is 0 Å². The normalized spacial score (nSPS) is 15.9. The highest BCUT2D eigenvalue weighted by atomic mass is 35.5. The first-order valence-corrected chi connectivity index (χ1v) is 6.53. The van der Waals surface area contributed by atoms with Crippen LogP contribution < -0.4 is 5.32 Å². The van der Waals surface area contributed by atoms with Crippen LogP contribution in [-0.4, -0.2) is 23.9 Å². The number of nitrogens with zero attached hydrogens (tertiary/aromatic N) is 1. The van der Waals surface area contributed by atoms with E-state index in [1.54, 1.807) is 18.2 Å². The van der Waals surface area contributed by atoms with Gasteiger partial charge in [0.2, 0.25) is 5.91 Å².